The molecule has 1 saturated carbocycles. The van der Waals surface area contributed by atoms with E-state index in [1.54, 1.807) is 0 Å². The third-order valence-corrected chi connectivity index (χ3v) is 4.77. The molecule has 0 aliphatic heterocycles. The Balaban J connectivity index is 1.51. The Morgan fingerprint density at radius 2 is 2.04 bits per heavy atom. The highest BCUT2D eigenvalue weighted by Gasteiger charge is 2.30. The Kier molecular flexibility index (Phi) is 4.55. The second kappa shape index (κ2) is 6.63. The van der Waals surface area contributed by atoms with Gasteiger partial charge in [0.1, 0.15) is 0 Å². The molecule has 24 heavy (non-hydrogen) atoms. The van der Waals surface area contributed by atoms with Crippen molar-refractivity contribution in [2.24, 2.45) is 0 Å². The highest BCUT2D eigenvalue weighted by Crippen LogP contribution is 2.38. The first-order valence-corrected chi connectivity index (χ1v) is 8.39. The maximum absolute atomic E-state index is 12.1. The van der Waals surface area contributed by atoms with Crippen LogP contribution in [0.3, 0.4) is 0 Å². The summed E-state index contributed by atoms with van der Waals surface area (Å²) in [5.74, 6) is 1.65. The zero-order valence-corrected chi connectivity index (χ0v) is 14.4. The molecule has 2 N–H and O–H groups in total. The first kappa shape index (κ1) is 16.5. The van der Waals surface area contributed by atoms with E-state index in [0.29, 0.717) is 11.8 Å². The quantitative estimate of drug-likeness (QED) is 0.854. The van der Waals surface area contributed by atoms with Crippen LogP contribution >= 0.6 is 0 Å². The third-order valence-electron chi connectivity index (χ3n) is 4.77. The zero-order chi connectivity index (χ0) is 17.2. The fourth-order valence-corrected chi connectivity index (χ4v) is 2.55. The van der Waals surface area contributed by atoms with Crippen molar-refractivity contribution in [2.75, 3.05) is 0 Å². The van der Waals surface area contributed by atoms with Crippen LogP contribution in [-0.4, -0.2) is 22.2 Å². The molecule has 1 fully saturated rings. The lowest BCUT2D eigenvalue weighted by Crippen LogP contribution is -2.49. The summed E-state index contributed by atoms with van der Waals surface area (Å²) in [5.41, 5.74) is 1.01. The number of benzene rings is 1. The maximum atomic E-state index is 12.1. The van der Waals surface area contributed by atoms with E-state index in [4.69, 9.17) is 4.52 Å². The van der Waals surface area contributed by atoms with Crippen LogP contribution in [0.25, 0.3) is 0 Å². The lowest BCUT2D eigenvalue weighted by molar-refractivity contribution is 0.229. The molecule has 6 nitrogen and oxygen atoms in total. The Morgan fingerprint density at radius 1 is 1.33 bits per heavy atom. The summed E-state index contributed by atoms with van der Waals surface area (Å²) in [6.45, 7) is 6.48. The number of carbonyl (C=O) groups excluding carboxylic acids is 1. The summed E-state index contributed by atoms with van der Waals surface area (Å²) in [7, 11) is 0. The summed E-state index contributed by atoms with van der Waals surface area (Å²) >= 11 is 0. The molecule has 3 rings (SSSR count). The van der Waals surface area contributed by atoms with Crippen molar-refractivity contribution >= 4 is 6.03 Å². The lowest BCUT2D eigenvalue weighted by Gasteiger charge is -2.33. The summed E-state index contributed by atoms with van der Waals surface area (Å²) < 4.78 is 5.15. The Hall–Kier alpha value is -2.37. The molecule has 1 aliphatic rings. The normalized spacial score (nSPS) is 15.8. The van der Waals surface area contributed by atoms with Crippen molar-refractivity contribution in [2.45, 2.75) is 57.5 Å². The Bertz CT molecular complexity index is 692. The molecule has 1 aromatic carbocycles. The van der Waals surface area contributed by atoms with Crippen molar-refractivity contribution in [1.82, 2.24) is 20.8 Å². The van der Waals surface area contributed by atoms with Crippen molar-refractivity contribution < 1.29 is 9.32 Å². The van der Waals surface area contributed by atoms with Gasteiger partial charge in [-0.25, -0.2) is 4.79 Å². The molecule has 0 radical (unpaired) electrons. The number of aromatic nitrogens is 2. The summed E-state index contributed by atoms with van der Waals surface area (Å²) in [6.07, 6.45) is 2.25. The van der Waals surface area contributed by atoms with Gasteiger partial charge in [-0.15, -0.1) is 0 Å². The number of carbonyl (C=O) groups is 1. The van der Waals surface area contributed by atoms with Crippen LogP contribution in [0, 0.1) is 0 Å². The van der Waals surface area contributed by atoms with Gasteiger partial charge >= 0.3 is 6.03 Å². The van der Waals surface area contributed by atoms with E-state index in [1.807, 2.05) is 25.1 Å². The van der Waals surface area contributed by atoms with Crippen molar-refractivity contribution in [3.05, 3.63) is 47.6 Å². The van der Waals surface area contributed by atoms with E-state index in [-0.39, 0.29) is 24.0 Å². The fraction of sp³-hybridized carbons (Fsp3) is 0.500. The van der Waals surface area contributed by atoms with Gasteiger partial charge < -0.3 is 15.2 Å². The van der Waals surface area contributed by atoms with Crippen LogP contribution in [0.2, 0.25) is 0 Å². The van der Waals surface area contributed by atoms with E-state index < -0.39 is 0 Å². The van der Waals surface area contributed by atoms with Gasteiger partial charge in [-0.2, -0.15) is 4.98 Å². The van der Waals surface area contributed by atoms with Crippen molar-refractivity contribution in [3.63, 3.8) is 0 Å². The van der Waals surface area contributed by atoms with Gasteiger partial charge in [0.05, 0.1) is 6.54 Å². The molecule has 0 unspecified atom stereocenters. The van der Waals surface area contributed by atoms with Gasteiger partial charge in [0.15, 0.2) is 5.82 Å². The lowest BCUT2D eigenvalue weighted by atomic mass is 9.78. The number of hydrogen-bond acceptors (Lipinski definition) is 4. The summed E-state index contributed by atoms with van der Waals surface area (Å²) in [4.78, 5) is 16.4. The van der Waals surface area contributed by atoms with E-state index in [2.05, 4.69) is 46.8 Å². The minimum atomic E-state index is -0.238. The molecule has 0 saturated heterocycles. The number of amides is 2. The van der Waals surface area contributed by atoms with Crippen LogP contribution in [-0.2, 0) is 12.0 Å². The smallest absolute Gasteiger partial charge is 0.315 e. The number of hydrogen-bond donors (Lipinski definition) is 2. The number of rotatable bonds is 6. The Morgan fingerprint density at radius 3 is 2.71 bits per heavy atom. The van der Waals surface area contributed by atoms with Gasteiger partial charge in [-0.3, -0.25) is 0 Å². The van der Waals surface area contributed by atoms with Gasteiger partial charge in [0, 0.05) is 17.4 Å². The minimum absolute atomic E-state index is 0.0374. The maximum Gasteiger partial charge on any atom is 0.315 e. The molecule has 2 amide bonds. The van der Waals surface area contributed by atoms with Gasteiger partial charge in [0.2, 0.25) is 5.89 Å². The predicted molar refractivity (Wildman–Crippen MR) is 90.6 cm³/mol. The molecule has 6 heteroatoms. The van der Waals surface area contributed by atoms with Gasteiger partial charge in [0.25, 0.3) is 0 Å². The van der Waals surface area contributed by atoms with Crippen LogP contribution in [0.15, 0.2) is 34.9 Å². The molecular weight excluding hydrogens is 304 g/mol. The molecule has 1 aliphatic carbocycles. The van der Waals surface area contributed by atoms with Crippen LogP contribution < -0.4 is 10.6 Å². The summed E-state index contributed by atoms with van der Waals surface area (Å²) in [6, 6.07) is 9.89. The molecule has 2 aromatic rings. The van der Waals surface area contributed by atoms with Gasteiger partial charge in [-0.05, 0) is 25.3 Å². The van der Waals surface area contributed by atoms with Crippen molar-refractivity contribution in [3.8, 4) is 0 Å². The SMILES string of the molecule is C[C@H](NC(=O)NCc1nc(C2CC2)no1)C(C)(C)c1ccccc1. The average Bonchev–Trinajstić information content (AvgIpc) is 3.32. The summed E-state index contributed by atoms with van der Waals surface area (Å²) in [5, 5.41) is 9.71. The second-order valence-electron chi connectivity index (χ2n) is 6.96. The first-order valence-electron chi connectivity index (χ1n) is 8.39. The van der Waals surface area contributed by atoms with Crippen LogP contribution in [0.4, 0.5) is 4.79 Å². The highest BCUT2D eigenvalue weighted by molar-refractivity contribution is 5.74. The average molecular weight is 328 g/mol. The van der Waals surface area contributed by atoms with Gasteiger partial charge in [-0.1, -0.05) is 49.3 Å². The fourth-order valence-electron chi connectivity index (χ4n) is 2.55. The van der Waals surface area contributed by atoms with Crippen LogP contribution in [0.5, 0.6) is 0 Å². The van der Waals surface area contributed by atoms with E-state index in [1.165, 1.54) is 5.56 Å². The monoisotopic (exact) mass is 328 g/mol. The number of nitrogens with zero attached hydrogens (tertiary/aromatic N) is 2. The topological polar surface area (TPSA) is 80.0 Å². The standard InChI is InChI=1S/C18H24N4O2/c1-12(18(2,3)14-7-5-4-6-8-14)20-17(23)19-11-15-21-16(22-24-15)13-9-10-13/h4-8,12-13H,9-11H2,1-3H3,(H2,19,20,23)/t12-/m0/s1. The third kappa shape index (κ3) is 3.75. The second-order valence-corrected chi connectivity index (χ2v) is 6.96. The molecule has 1 aromatic heterocycles. The van der Waals surface area contributed by atoms with E-state index >= 15 is 0 Å². The first-order chi connectivity index (χ1) is 11.5. The van der Waals surface area contributed by atoms with E-state index in [9.17, 15) is 4.79 Å². The molecular formula is C18H24N4O2. The van der Waals surface area contributed by atoms with Crippen molar-refractivity contribution in [1.29, 1.82) is 0 Å². The minimum Gasteiger partial charge on any atom is -0.337 e. The number of urea groups is 1. The Labute approximate surface area is 142 Å². The molecule has 1 atom stereocenters. The van der Waals surface area contributed by atoms with E-state index in [0.717, 1.165) is 18.7 Å². The molecule has 0 bridgehead atoms. The number of nitrogens with one attached hydrogen (secondary N) is 2. The van der Waals surface area contributed by atoms with Crippen LogP contribution in [0.1, 0.15) is 56.8 Å². The highest BCUT2D eigenvalue weighted by atomic mass is 16.5. The largest absolute Gasteiger partial charge is 0.337 e. The molecule has 0 spiro atoms. The zero-order valence-electron chi connectivity index (χ0n) is 14.4. The molecule has 128 valence electrons. The predicted octanol–water partition coefficient (Wildman–Crippen LogP) is 3.11. The molecule has 1 heterocycles.